The summed E-state index contributed by atoms with van der Waals surface area (Å²) in [6.45, 7) is 5.39. The van der Waals surface area contributed by atoms with Crippen LogP contribution in [-0.4, -0.2) is 25.1 Å². The average Bonchev–Trinajstić information content (AvgIpc) is 2.58. The van der Waals surface area contributed by atoms with Crippen LogP contribution in [0.15, 0.2) is 42.5 Å². The van der Waals surface area contributed by atoms with Crippen molar-refractivity contribution in [1.29, 1.82) is 0 Å². The minimum atomic E-state index is -0.888. The second-order valence-electron chi connectivity index (χ2n) is 5.88. The van der Waals surface area contributed by atoms with Gasteiger partial charge in [-0.1, -0.05) is 36.4 Å². The van der Waals surface area contributed by atoms with Crippen molar-refractivity contribution >= 4 is 17.6 Å². The summed E-state index contributed by atoms with van der Waals surface area (Å²) >= 11 is 0. The number of rotatable bonds is 6. The molecule has 0 saturated heterocycles. The molecule has 0 aliphatic heterocycles. The highest BCUT2D eigenvalue weighted by atomic mass is 16.5. The van der Waals surface area contributed by atoms with Crippen LogP contribution in [0.25, 0.3) is 0 Å². The van der Waals surface area contributed by atoms with Crippen molar-refractivity contribution in [3.05, 3.63) is 59.2 Å². The maximum atomic E-state index is 12.3. The smallest absolute Gasteiger partial charge is 0.311 e. The highest BCUT2D eigenvalue weighted by Crippen LogP contribution is 2.20. The summed E-state index contributed by atoms with van der Waals surface area (Å²) in [5, 5.41) is 2.83. The number of benzene rings is 2. The molecule has 1 atom stereocenters. The van der Waals surface area contributed by atoms with E-state index in [9.17, 15) is 9.59 Å². The monoisotopic (exact) mass is 341 g/mol. The lowest BCUT2D eigenvalue weighted by atomic mass is 10.1. The van der Waals surface area contributed by atoms with E-state index in [4.69, 9.17) is 9.47 Å². The molecule has 0 unspecified atom stereocenters. The normalized spacial score (nSPS) is 11.5. The van der Waals surface area contributed by atoms with Crippen molar-refractivity contribution in [2.75, 3.05) is 12.4 Å². The fourth-order valence-corrected chi connectivity index (χ4v) is 2.53. The molecule has 2 aromatic rings. The minimum Gasteiger partial charge on any atom is -0.496 e. The molecule has 0 aliphatic rings. The van der Waals surface area contributed by atoms with Gasteiger partial charge in [-0.15, -0.1) is 0 Å². The topological polar surface area (TPSA) is 64.6 Å². The minimum absolute atomic E-state index is 0.0467. The van der Waals surface area contributed by atoms with Crippen LogP contribution in [0.2, 0.25) is 0 Å². The van der Waals surface area contributed by atoms with E-state index in [1.807, 2.05) is 44.2 Å². The highest BCUT2D eigenvalue weighted by molar-refractivity contribution is 5.96. The first kappa shape index (κ1) is 18.5. The lowest BCUT2D eigenvalue weighted by Gasteiger charge is -2.16. The van der Waals surface area contributed by atoms with Crippen molar-refractivity contribution in [3.63, 3.8) is 0 Å². The number of esters is 1. The van der Waals surface area contributed by atoms with Crippen molar-refractivity contribution < 1.29 is 19.1 Å². The Labute approximate surface area is 148 Å². The predicted molar refractivity (Wildman–Crippen MR) is 96.8 cm³/mol. The number of ether oxygens (including phenoxy) is 2. The van der Waals surface area contributed by atoms with E-state index >= 15 is 0 Å². The second-order valence-corrected chi connectivity index (χ2v) is 5.88. The van der Waals surface area contributed by atoms with Gasteiger partial charge in [-0.25, -0.2) is 0 Å². The zero-order chi connectivity index (χ0) is 18.4. The van der Waals surface area contributed by atoms with Crippen molar-refractivity contribution in [2.45, 2.75) is 33.3 Å². The molecule has 0 spiro atoms. The number of carbonyl (C=O) groups excluding carboxylic acids is 2. The third kappa shape index (κ3) is 4.83. The Morgan fingerprint density at radius 3 is 2.32 bits per heavy atom. The van der Waals surface area contributed by atoms with Gasteiger partial charge in [0.1, 0.15) is 5.75 Å². The number of hydrogen-bond acceptors (Lipinski definition) is 4. The van der Waals surface area contributed by atoms with E-state index in [1.54, 1.807) is 26.2 Å². The first-order chi connectivity index (χ1) is 11.9. The molecule has 0 heterocycles. The molecule has 0 bridgehead atoms. The molecule has 0 aromatic heterocycles. The number of para-hydroxylation sites is 2. The number of hydrogen-bond donors (Lipinski definition) is 1. The molecular formula is C20H23NO4. The standard InChI is InChI=1S/C20H23NO4/c1-13-8-7-9-14(2)19(13)21-20(23)15(3)25-18(22)12-16-10-5-6-11-17(16)24-4/h5-11,15H,12H2,1-4H3,(H,21,23)/t15-/m0/s1. The maximum absolute atomic E-state index is 12.3. The van der Waals surface area contributed by atoms with E-state index in [0.29, 0.717) is 5.75 Å². The molecule has 0 saturated carbocycles. The summed E-state index contributed by atoms with van der Waals surface area (Å²) in [6, 6.07) is 13.0. The zero-order valence-corrected chi connectivity index (χ0v) is 15.0. The van der Waals surface area contributed by atoms with Crippen LogP contribution < -0.4 is 10.1 Å². The Hall–Kier alpha value is -2.82. The van der Waals surface area contributed by atoms with Gasteiger partial charge in [-0.05, 0) is 38.0 Å². The SMILES string of the molecule is COc1ccccc1CC(=O)O[C@@H](C)C(=O)Nc1c(C)cccc1C. The molecular weight excluding hydrogens is 318 g/mol. The molecule has 5 nitrogen and oxygen atoms in total. The summed E-state index contributed by atoms with van der Waals surface area (Å²) in [4.78, 5) is 24.4. The lowest BCUT2D eigenvalue weighted by Crippen LogP contribution is -2.31. The fraction of sp³-hybridized carbons (Fsp3) is 0.300. The van der Waals surface area contributed by atoms with E-state index in [-0.39, 0.29) is 12.3 Å². The molecule has 1 amide bonds. The van der Waals surface area contributed by atoms with Crippen LogP contribution in [0, 0.1) is 13.8 Å². The largest absolute Gasteiger partial charge is 0.496 e. The van der Waals surface area contributed by atoms with Gasteiger partial charge in [-0.2, -0.15) is 0 Å². The number of amides is 1. The van der Waals surface area contributed by atoms with Crippen molar-refractivity contribution in [3.8, 4) is 5.75 Å². The molecule has 0 aliphatic carbocycles. The third-order valence-corrected chi connectivity index (χ3v) is 3.93. The Morgan fingerprint density at radius 2 is 1.68 bits per heavy atom. The summed E-state index contributed by atoms with van der Waals surface area (Å²) in [6.07, 6.45) is -0.841. The number of carbonyl (C=O) groups is 2. The van der Waals surface area contributed by atoms with Crippen molar-refractivity contribution in [2.24, 2.45) is 0 Å². The van der Waals surface area contributed by atoms with Gasteiger partial charge in [0.15, 0.2) is 6.10 Å². The number of anilines is 1. The van der Waals surface area contributed by atoms with E-state index in [2.05, 4.69) is 5.32 Å². The molecule has 2 aromatic carbocycles. The van der Waals surface area contributed by atoms with Gasteiger partial charge >= 0.3 is 5.97 Å². The molecule has 132 valence electrons. The quantitative estimate of drug-likeness (QED) is 0.818. The fourth-order valence-electron chi connectivity index (χ4n) is 2.53. The van der Waals surface area contributed by atoms with E-state index < -0.39 is 12.1 Å². The van der Waals surface area contributed by atoms with Crippen LogP contribution in [0.5, 0.6) is 5.75 Å². The van der Waals surface area contributed by atoms with E-state index in [1.165, 1.54) is 0 Å². The Balaban J connectivity index is 1.97. The molecule has 2 rings (SSSR count). The van der Waals surface area contributed by atoms with Crippen LogP contribution in [0.4, 0.5) is 5.69 Å². The molecule has 0 fully saturated rings. The lowest BCUT2D eigenvalue weighted by molar-refractivity contribution is -0.152. The van der Waals surface area contributed by atoms with Crippen LogP contribution in [0.3, 0.4) is 0 Å². The number of methoxy groups -OCH3 is 1. The van der Waals surface area contributed by atoms with Gasteiger partial charge in [0, 0.05) is 11.3 Å². The maximum Gasteiger partial charge on any atom is 0.311 e. The van der Waals surface area contributed by atoms with Crippen molar-refractivity contribution in [1.82, 2.24) is 0 Å². The van der Waals surface area contributed by atoms with E-state index in [0.717, 1.165) is 22.4 Å². The van der Waals surface area contributed by atoms with Gasteiger partial charge in [0.25, 0.3) is 5.91 Å². The van der Waals surface area contributed by atoms with Gasteiger partial charge in [0.05, 0.1) is 13.5 Å². The second kappa shape index (κ2) is 8.33. The Morgan fingerprint density at radius 1 is 1.04 bits per heavy atom. The molecule has 25 heavy (non-hydrogen) atoms. The summed E-state index contributed by atoms with van der Waals surface area (Å²) in [7, 11) is 1.55. The summed E-state index contributed by atoms with van der Waals surface area (Å²) in [5.41, 5.74) is 3.39. The predicted octanol–water partition coefficient (Wildman–Crippen LogP) is 3.42. The van der Waals surface area contributed by atoms with Gasteiger partial charge in [-0.3, -0.25) is 9.59 Å². The Kier molecular flexibility index (Phi) is 6.17. The molecule has 1 N–H and O–H groups in total. The number of aryl methyl sites for hydroxylation is 2. The Bertz CT molecular complexity index is 750. The first-order valence-electron chi connectivity index (χ1n) is 8.10. The summed E-state index contributed by atoms with van der Waals surface area (Å²) in [5.74, 6) is -0.216. The van der Waals surface area contributed by atoms with Gasteiger partial charge < -0.3 is 14.8 Å². The molecule has 0 radical (unpaired) electrons. The van der Waals surface area contributed by atoms with Gasteiger partial charge in [0.2, 0.25) is 0 Å². The molecule has 5 heteroatoms. The highest BCUT2D eigenvalue weighted by Gasteiger charge is 2.20. The van der Waals surface area contributed by atoms with Crippen LogP contribution >= 0.6 is 0 Å². The average molecular weight is 341 g/mol. The van der Waals surface area contributed by atoms with Crippen LogP contribution in [0.1, 0.15) is 23.6 Å². The third-order valence-electron chi connectivity index (χ3n) is 3.93. The summed E-state index contributed by atoms with van der Waals surface area (Å²) < 4.78 is 10.5. The first-order valence-corrected chi connectivity index (χ1v) is 8.10. The number of nitrogens with one attached hydrogen (secondary N) is 1. The van der Waals surface area contributed by atoms with Crippen LogP contribution in [-0.2, 0) is 20.7 Å². The zero-order valence-electron chi connectivity index (χ0n) is 15.0.